The zero-order valence-corrected chi connectivity index (χ0v) is 12.3. The Morgan fingerprint density at radius 3 is 2.80 bits per heavy atom. The summed E-state index contributed by atoms with van der Waals surface area (Å²) < 4.78 is 14.7. The SMILES string of the molecule is Fc1cc(I)ccc1Nc1cnccc1-c1cn[nH]n1. The first-order valence-corrected chi connectivity index (χ1v) is 6.84. The number of nitrogens with zero attached hydrogens (tertiary/aromatic N) is 3. The molecule has 0 bridgehead atoms. The number of nitrogens with one attached hydrogen (secondary N) is 2. The van der Waals surface area contributed by atoms with E-state index in [4.69, 9.17) is 0 Å². The Morgan fingerprint density at radius 1 is 1.15 bits per heavy atom. The van der Waals surface area contributed by atoms with Gasteiger partial charge in [0, 0.05) is 15.3 Å². The van der Waals surface area contributed by atoms with Crippen LogP contribution < -0.4 is 5.32 Å². The Hall–Kier alpha value is -2.03. The van der Waals surface area contributed by atoms with Gasteiger partial charge < -0.3 is 5.32 Å². The highest BCUT2D eigenvalue weighted by molar-refractivity contribution is 14.1. The second-order valence-corrected chi connectivity index (χ2v) is 5.27. The topological polar surface area (TPSA) is 66.5 Å². The average molecular weight is 381 g/mol. The number of hydrogen-bond acceptors (Lipinski definition) is 4. The summed E-state index contributed by atoms with van der Waals surface area (Å²) in [6, 6.07) is 6.79. The molecule has 5 nitrogen and oxygen atoms in total. The minimum Gasteiger partial charge on any atom is -0.351 e. The number of pyridine rings is 1. The van der Waals surface area contributed by atoms with Crippen molar-refractivity contribution in [2.24, 2.45) is 0 Å². The van der Waals surface area contributed by atoms with Crippen LogP contribution in [0.1, 0.15) is 0 Å². The summed E-state index contributed by atoms with van der Waals surface area (Å²) in [6.45, 7) is 0. The van der Waals surface area contributed by atoms with Crippen LogP contribution in [0.2, 0.25) is 0 Å². The lowest BCUT2D eigenvalue weighted by molar-refractivity contribution is 0.631. The fourth-order valence-corrected chi connectivity index (χ4v) is 2.24. The molecule has 0 saturated heterocycles. The maximum absolute atomic E-state index is 13.9. The number of halogens is 2. The lowest BCUT2D eigenvalue weighted by Crippen LogP contribution is -1.97. The van der Waals surface area contributed by atoms with Crippen molar-refractivity contribution in [2.75, 3.05) is 5.32 Å². The van der Waals surface area contributed by atoms with E-state index < -0.39 is 0 Å². The van der Waals surface area contributed by atoms with Gasteiger partial charge in [0.25, 0.3) is 0 Å². The molecule has 7 heteroatoms. The molecule has 0 amide bonds. The van der Waals surface area contributed by atoms with Gasteiger partial charge in [0.1, 0.15) is 11.5 Å². The fraction of sp³-hybridized carbons (Fsp3) is 0. The quantitative estimate of drug-likeness (QED) is 0.683. The van der Waals surface area contributed by atoms with Gasteiger partial charge in [0.2, 0.25) is 0 Å². The zero-order chi connectivity index (χ0) is 13.9. The Morgan fingerprint density at radius 2 is 2.05 bits per heavy atom. The number of rotatable bonds is 3. The maximum Gasteiger partial charge on any atom is 0.147 e. The Labute approximate surface area is 127 Å². The molecule has 100 valence electrons. The van der Waals surface area contributed by atoms with E-state index in [0.717, 1.165) is 9.13 Å². The molecular weight excluding hydrogens is 372 g/mol. The Kier molecular flexibility index (Phi) is 3.59. The third-order valence-electron chi connectivity index (χ3n) is 2.71. The first-order chi connectivity index (χ1) is 9.74. The van der Waals surface area contributed by atoms with Gasteiger partial charge in [-0.3, -0.25) is 4.98 Å². The molecule has 1 aromatic carbocycles. The normalized spacial score (nSPS) is 10.5. The first kappa shape index (κ1) is 13.0. The van der Waals surface area contributed by atoms with E-state index in [1.807, 2.05) is 6.07 Å². The van der Waals surface area contributed by atoms with Crippen LogP contribution in [-0.4, -0.2) is 20.4 Å². The molecule has 0 atom stereocenters. The van der Waals surface area contributed by atoms with E-state index in [1.54, 1.807) is 30.7 Å². The van der Waals surface area contributed by atoms with Crippen LogP contribution in [0.25, 0.3) is 11.3 Å². The highest BCUT2D eigenvalue weighted by Crippen LogP contribution is 2.28. The molecule has 2 heterocycles. The van der Waals surface area contributed by atoms with Crippen molar-refractivity contribution >= 4 is 34.0 Å². The monoisotopic (exact) mass is 381 g/mol. The van der Waals surface area contributed by atoms with Crippen LogP contribution in [0.15, 0.2) is 42.9 Å². The van der Waals surface area contributed by atoms with E-state index in [0.29, 0.717) is 17.1 Å². The first-order valence-electron chi connectivity index (χ1n) is 5.76. The van der Waals surface area contributed by atoms with E-state index >= 15 is 0 Å². The van der Waals surface area contributed by atoms with Crippen LogP contribution in [0.3, 0.4) is 0 Å². The molecule has 3 rings (SSSR count). The predicted molar refractivity (Wildman–Crippen MR) is 82.0 cm³/mol. The van der Waals surface area contributed by atoms with Gasteiger partial charge in [-0.15, -0.1) is 0 Å². The Balaban J connectivity index is 1.99. The molecule has 0 aliphatic carbocycles. The number of benzene rings is 1. The van der Waals surface area contributed by atoms with Gasteiger partial charge >= 0.3 is 0 Å². The van der Waals surface area contributed by atoms with Gasteiger partial charge in [-0.25, -0.2) is 4.39 Å². The van der Waals surface area contributed by atoms with E-state index in [1.165, 1.54) is 6.07 Å². The third kappa shape index (κ3) is 2.62. The standard InChI is InChI=1S/C13H9FIN5/c14-10-5-8(15)1-2-11(10)18-12-6-16-4-3-9(12)13-7-17-20-19-13/h1-7,18H,(H,17,19,20). The van der Waals surface area contributed by atoms with Crippen molar-refractivity contribution in [3.63, 3.8) is 0 Å². The second-order valence-electron chi connectivity index (χ2n) is 4.03. The van der Waals surface area contributed by atoms with Crippen LogP contribution in [-0.2, 0) is 0 Å². The molecule has 2 N–H and O–H groups in total. The molecule has 3 aromatic rings. The number of aromatic amines is 1. The molecular formula is C13H9FIN5. The van der Waals surface area contributed by atoms with Crippen LogP contribution in [0, 0.1) is 9.39 Å². The smallest absolute Gasteiger partial charge is 0.147 e. The second kappa shape index (κ2) is 5.53. The largest absolute Gasteiger partial charge is 0.351 e. The van der Waals surface area contributed by atoms with Gasteiger partial charge in [0.05, 0.1) is 23.8 Å². The van der Waals surface area contributed by atoms with Crippen molar-refractivity contribution < 1.29 is 4.39 Å². The van der Waals surface area contributed by atoms with Crippen LogP contribution in [0.4, 0.5) is 15.8 Å². The van der Waals surface area contributed by atoms with Gasteiger partial charge in [-0.2, -0.15) is 15.4 Å². The molecule has 20 heavy (non-hydrogen) atoms. The van der Waals surface area contributed by atoms with Crippen molar-refractivity contribution in [3.05, 3.63) is 52.2 Å². The summed E-state index contributed by atoms with van der Waals surface area (Å²) in [5.74, 6) is -0.313. The van der Waals surface area contributed by atoms with E-state index in [9.17, 15) is 4.39 Å². The number of H-pyrrole nitrogens is 1. The minimum atomic E-state index is -0.313. The Bertz CT molecular complexity index is 729. The number of aromatic nitrogens is 4. The summed E-state index contributed by atoms with van der Waals surface area (Å²) >= 11 is 2.07. The molecule has 0 radical (unpaired) electrons. The summed E-state index contributed by atoms with van der Waals surface area (Å²) in [4.78, 5) is 4.05. The van der Waals surface area contributed by atoms with E-state index in [2.05, 4.69) is 48.3 Å². The van der Waals surface area contributed by atoms with E-state index in [-0.39, 0.29) is 5.82 Å². The molecule has 0 aliphatic heterocycles. The number of hydrogen-bond donors (Lipinski definition) is 2. The van der Waals surface area contributed by atoms with Crippen molar-refractivity contribution in [1.29, 1.82) is 0 Å². The van der Waals surface area contributed by atoms with Crippen LogP contribution in [0.5, 0.6) is 0 Å². The maximum atomic E-state index is 13.9. The highest BCUT2D eigenvalue weighted by Gasteiger charge is 2.10. The lowest BCUT2D eigenvalue weighted by atomic mass is 10.1. The highest BCUT2D eigenvalue weighted by atomic mass is 127. The molecule has 0 fully saturated rings. The summed E-state index contributed by atoms with van der Waals surface area (Å²) in [5, 5.41) is 13.4. The summed E-state index contributed by atoms with van der Waals surface area (Å²) in [6.07, 6.45) is 4.88. The van der Waals surface area contributed by atoms with Crippen molar-refractivity contribution in [3.8, 4) is 11.3 Å². The molecule has 2 aromatic heterocycles. The average Bonchev–Trinajstić information content (AvgIpc) is 2.96. The molecule has 0 unspecified atom stereocenters. The van der Waals surface area contributed by atoms with Gasteiger partial charge in [-0.1, -0.05) is 0 Å². The van der Waals surface area contributed by atoms with Crippen molar-refractivity contribution in [2.45, 2.75) is 0 Å². The van der Waals surface area contributed by atoms with Gasteiger partial charge in [-0.05, 0) is 46.9 Å². The number of anilines is 2. The zero-order valence-electron chi connectivity index (χ0n) is 10.1. The van der Waals surface area contributed by atoms with Crippen LogP contribution >= 0.6 is 22.6 Å². The summed E-state index contributed by atoms with van der Waals surface area (Å²) in [5.41, 5.74) is 2.53. The molecule has 0 aliphatic rings. The van der Waals surface area contributed by atoms with Gasteiger partial charge in [0.15, 0.2) is 0 Å². The molecule has 0 saturated carbocycles. The minimum absolute atomic E-state index is 0.313. The fourth-order valence-electron chi connectivity index (χ4n) is 1.78. The predicted octanol–water partition coefficient (Wildman–Crippen LogP) is 3.35. The lowest BCUT2D eigenvalue weighted by Gasteiger charge is -2.10. The molecule has 0 spiro atoms. The van der Waals surface area contributed by atoms with Crippen molar-refractivity contribution in [1.82, 2.24) is 20.4 Å². The summed E-state index contributed by atoms with van der Waals surface area (Å²) in [7, 11) is 0. The third-order valence-corrected chi connectivity index (χ3v) is 3.38.